The number of morpholine rings is 2. The zero-order valence-electron chi connectivity index (χ0n) is 41.5. The Morgan fingerprint density at radius 2 is 0.957 bits per heavy atom. The second-order valence-electron chi connectivity index (χ2n) is 16.5. The standard InChI is InChI=1S/C48H76N14O8/c1-3-59(67-39-33-57-29-35-65-36-30-57)27-15-11-7-5-9-13-21-53-47(55-41-49)61(43-17-23-51-24-18-43)69-45(63)46(64)70-62(44-19-25-52-26-20-44)48(56-42-50)54-22-14-10-6-8-12-16-28-60(4-2)68-40-34-58-31-37-66-38-32-58/h17-20,23-26H,3-16,21-22,27-40H2,1-2H3,(H,53,55)(H,54,56). The number of nitriles is 2. The quantitative estimate of drug-likeness (QED) is 0.0276. The second-order valence-corrected chi connectivity index (χ2v) is 16.5. The van der Waals surface area contributed by atoms with Crippen LogP contribution < -0.4 is 20.8 Å². The predicted octanol–water partition coefficient (Wildman–Crippen LogP) is 4.41. The van der Waals surface area contributed by atoms with Crippen molar-refractivity contribution in [1.29, 1.82) is 10.5 Å². The van der Waals surface area contributed by atoms with E-state index in [2.05, 4.69) is 54.2 Å². The summed E-state index contributed by atoms with van der Waals surface area (Å²) in [5.74, 6) is -3.11. The first-order valence-electron chi connectivity index (χ1n) is 25.1. The minimum Gasteiger partial charge on any atom is -0.379 e. The molecule has 22 nitrogen and oxygen atoms in total. The minimum atomic E-state index is -1.44. The maximum atomic E-state index is 13.5. The molecule has 22 heteroatoms. The fourth-order valence-electron chi connectivity index (χ4n) is 7.56. The van der Waals surface area contributed by atoms with E-state index in [-0.39, 0.29) is 23.3 Å². The fraction of sp³-hybridized carbons (Fsp3) is 0.667. The average Bonchev–Trinajstić information content (AvgIpc) is 3.40. The molecular formula is C48H76N14O8. The number of anilines is 2. The van der Waals surface area contributed by atoms with Crippen molar-refractivity contribution in [2.24, 2.45) is 9.98 Å². The van der Waals surface area contributed by atoms with E-state index in [0.29, 0.717) is 26.3 Å². The number of guanidine groups is 2. The first kappa shape index (κ1) is 57.0. The number of hydrogen-bond acceptors (Lipinski definition) is 18. The highest BCUT2D eigenvalue weighted by Crippen LogP contribution is 2.17. The zero-order valence-corrected chi connectivity index (χ0v) is 41.5. The molecule has 0 unspecified atom stereocenters. The molecule has 2 N–H and O–H groups in total. The third-order valence-corrected chi connectivity index (χ3v) is 11.5. The number of hydrogen-bond donors (Lipinski definition) is 2. The van der Waals surface area contributed by atoms with Crippen molar-refractivity contribution in [2.75, 3.05) is 128 Å². The first-order chi connectivity index (χ1) is 34.4. The number of nitrogens with zero attached hydrogens (tertiary/aromatic N) is 12. The molecule has 70 heavy (non-hydrogen) atoms. The molecule has 386 valence electrons. The molecule has 4 rings (SSSR count). The Hall–Kier alpha value is -5.56. The minimum absolute atomic E-state index is 0.116. The highest BCUT2D eigenvalue weighted by atomic mass is 16.8. The molecule has 0 saturated carbocycles. The van der Waals surface area contributed by atoms with E-state index in [1.807, 2.05) is 10.1 Å². The third-order valence-electron chi connectivity index (χ3n) is 11.5. The van der Waals surface area contributed by atoms with Crippen molar-refractivity contribution in [1.82, 2.24) is 40.5 Å². The van der Waals surface area contributed by atoms with Gasteiger partial charge in [-0.05, 0) is 49.9 Å². The van der Waals surface area contributed by atoms with Gasteiger partial charge < -0.3 is 29.8 Å². The number of aliphatic imine (C=N–C) groups is 2. The maximum Gasteiger partial charge on any atom is 0.444 e. The van der Waals surface area contributed by atoms with Crippen LogP contribution in [-0.2, 0) is 38.4 Å². The lowest BCUT2D eigenvalue weighted by Gasteiger charge is -2.27. The lowest BCUT2D eigenvalue weighted by molar-refractivity contribution is -0.167. The largest absolute Gasteiger partial charge is 0.444 e. The Morgan fingerprint density at radius 1 is 0.600 bits per heavy atom. The molecule has 4 heterocycles. The number of pyridine rings is 2. The van der Waals surface area contributed by atoms with E-state index < -0.39 is 11.9 Å². The van der Waals surface area contributed by atoms with Gasteiger partial charge >= 0.3 is 11.9 Å². The molecule has 0 aliphatic carbocycles. The SMILES string of the molecule is CCN(CCCCCCCCNC(=NC#N)N(OC(=O)C(=O)ON(C(=NC#N)NCCCCCCCCN(CC)OCCN1CCOCC1)c1ccncc1)c1ccncc1)OCCN1CCOCC1. The van der Waals surface area contributed by atoms with Crippen LogP contribution in [0.4, 0.5) is 11.4 Å². The third kappa shape index (κ3) is 23.4. The summed E-state index contributed by atoms with van der Waals surface area (Å²) in [5, 5.41) is 31.4. The molecule has 0 amide bonds. The van der Waals surface area contributed by atoms with Crippen molar-refractivity contribution in [3.8, 4) is 12.4 Å². The van der Waals surface area contributed by atoms with Crippen LogP contribution >= 0.6 is 0 Å². The van der Waals surface area contributed by atoms with Crippen LogP contribution in [0.1, 0.15) is 90.9 Å². The number of carbonyl (C=O) groups excluding carboxylic acids is 2. The molecular weight excluding hydrogens is 901 g/mol. The molecule has 0 aromatic carbocycles. The predicted molar refractivity (Wildman–Crippen MR) is 264 cm³/mol. The van der Waals surface area contributed by atoms with Gasteiger partial charge in [0, 0.05) is 103 Å². The van der Waals surface area contributed by atoms with Crippen molar-refractivity contribution in [3.63, 3.8) is 0 Å². The van der Waals surface area contributed by atoms with Crippen LogP contribution in [0.3, 0.4) is 0 Å². The number of nitrogens with one attached hydrogen (secondary N) is 2. The molecule has 2 fully saturated rings. The normalized spacial score (nSPS) is 14.8. The van der Waals surface area contributed by atoms with Crippen LogP contribution in [-0.4, -0.2) is 172 Å². The molecule has 0 radical (unpaired) electrons. The average molecular weight is 977 g/mol. The van der Waals surface area contributed by atoms with E-state index in [1.165, 1.54) is 49.1 Å². The Morgan fingerprint density at radius 3 is 1.31 bits per heavy atom. The summed E-state index contributed by atoms with van der Waals surface area (Å²) in [6.45, 7) is 18.6. The van der Waals surface area contributed by atoms with E-state index >= 15 is 0 Å². The van der Waals surface area contributed by atoms with E-state index in [9.17, 15) is 20.1 Å². The van der Waals surface area contributed by atoms with Crippen molar-refractivity contribution >= 4 is 35.2 Å². The molecule has 2 aromatic rings. The van der Waals surface area contributed by atoms with E-state index in [4.69, 9.17) is 28.8 Å². The molecule has 0 atom stereocenters. The number of carbonyl (C=O) groups is 2. The number of ether oxygens (including phenoxy) is 2. The number of rotatable bonds is 30. The summed E-state index contributed by atoms with van der Waals surface area (Å²) in [6.07, 6.45) is 21.0. The molecule has 2 aliphatic heterocycles. The molecule has 2 saturated heterocycles. The number of unbranched alkanes of at least 4 members (excludes halogenated alkanes) is 10. The highest BCUT2D eigenvalue weighted by molar-refractivity contribution is 6.30. The molecule has 0 bridgehead atoms. The second kappa shape index (κ2) is 36.4. The summed E-state index contributed by atoms with van der Waals surface area (Å²) in [7, 11) is 0. The Balaban J connectivity index is 1.20. The Bertz CT molecular complexity index is 1730. The van der Waals surface area contributed by atoms with Gasteiger partial charge in [0.25, 0.3) is 0 Å². The summed E-state index contributed by atoms with van der Waals surface area (Å²) in [5.41, 5.74) is 0.519. The van der Waals surface area contributed by atoms with Gasteiger partial charge in [-0.3, -0.25) is 29.4 Å². The Kier molecular flexibility index (Phi) is 29.6. The molecule has 2 aromatic heterocycles. The summed E-state index contributed by atoms with van der Waals surface area (Å²) < 4.78 is 10.8. The van der Waals surface area contributed by atoms with Crippen LogP contribution in [0, 0.1) is 22.9 Å². The van der Waals surface area contributed by atoms with Crippen LogP contribution in [0.25, 0.3) is 0 Å². The smallest absolute Gasteiger partial charge is 0.379 e. The van der Waals surface area contributed by atoms with E-state index in [0.717, 1.165) is 179 Å². The zero-order chi connectivity index (χ0) is 49.7. The van der Waals surface area contributed by atoms with Gasteiger partial charge in [-0.25, -0.2) is 9.59 Å². The van der Waals surface area contributed by atoms with Gasteiger partial charge in [-0.2, -0.15) is 20.7 Å². The van der Waals surface area contributed by atoms with Gasteiger partial charge in [0.1, 0.15) is 0 Å². The fourth-order valence-corrected chi connectivity index (χ4v) is 7.56. The van der Waals surface area contributed by atoms with Crippen molar-refractivity contribution in [3.05, 3.63) is 49.1 Å². The monoisotopic (exact) mass is 977 g/mol. The van der Waals surface area contributed by atoms with Gasteiger partial charge in [-0.1, -0.05) is 65.2 Å². The molecule has 0 spiro atoms. The first-order valence-corrected chi connectivity index (χ1v) is 25.1. The van der Waals surface area contributed by atoms with Crippen molar-refractivity contribution < 1.29 is 38.4 Å². The molecule has 2 aliphatic rings. The van der Waals surface area contributed by atoms with E-state index in [1.54, 1.807) is 12.4 Å². The van der Waals surface area contributed by atoms with Crippen LogP contribution in [0.2, 0.25) is 0 Å². The summed E-state index contributed by atoms with van der Waals surface area (Å²) >= 11 is 0. The number of hydroxylamine groups is 6. The Labute approximate surface area is 414 Å². The topological polar surface area (TPSA) is 231 Å². The lowest BCUT2D eigenvalue weighted by Crippen LogP contribution is -2.47. The van der Waals surface area contributed by atoms with Crippen LogP contribution in [0.15, 0.2) is 59.0 Å². The van der Waals surface area contributed by atoms with Crippen LogP contribution in [0.5, 0.6) is 0 Å². The van der Waals surface area contributed by atoms with Crippen molar-refractivity contribution in [2.45, 2.75) is 90.9 Å². The van der Waals surface area contributed by atoms with Gasteiger partial charge in [-0.15, -0.1) is 20.1 Å². The maximum absolute atomic E-state index is 13.5. The van der Waals surface area contributed by atoms with Gasteiger partial charge in [0.2, 0.25) is 24.3 Å². The van der Waals surface area contributed by atoms with Gasteiger partial charge in [0.05, 0.1) is 51.0 Å². The summed E-state index contributed by atoms with van der Waals surface area (Å²) in [4.78, 5) is 70.7. The summed E-state index contributed by atoms with van der Waals surface area (Å²) in [6, 6.07) is 6.10. The highest BCUT2D eigenvalue weighted by Gasteiger charge is 2.30. The number of aromatic nitrogens is 2. The van der Waals surface area contributed by atoms with Gasteiger partial charge in [0.15, 0.2) is 0 Å². The lowest BCUT2D eigenvalue weighted by atomic mass is 10.1.